The maximum absolute atomic E-state index is 3.93. The monoisotopic (exact) mass is 159 g/mol. The molecular weight excluding hydrogens is 146 g/mol. The number of benzene rings is 1. The van der Waals surface area contributed by atoms with Crippen molar-refractivity contribution in [3.63, 3.8) is 0 Å². The van der Waals surface area contributed by atoms with E-state index < -0.39 is 0 Å². The van der Waals surface area contributed by atoms with Gasteiger partial charge in [0, 0.05) is 5.56 Å². The van der Waals surface area contributed by atoms with E-state index in [1.165, 1.54) is 5.56 Å². The largest absolute Gasteiger partial charge is 0.264 e. The molecule has 1 nitrogen and oxygen atoms in total. The lowest BCUT2D eigenvalue weighted by molar-refractivity contribution is 1.13. The number of aryl methyl sites for hydroxylation is 1. The van der Waals surface area contributed by atoms with E-state index in [1.54, 1.807) is 0 Å². The Morgan fingerprint density at radius 3 is 2.75 bits per heavy atom. The summed E-state index contributed by atoms with van der Waals surface area (Å²) in [6.07, 6.45) is 2.84. The third-order valence-corrected chi connectivity index (χ3v) is 1.93. The zero-order valence-electron chi connectivity index (χ0n) is 7.38. The predicted molar refractivity (Wildman–Crippen MR) is 55.1 cm³/mol. The number of hydrogen-bond acceptors (Lipinski definition) is 1. The molecule has 1 rings (SSSR count). The van der Waals surface area contributed by atoms with E-state index in [-0.39, 0.29) is 0 Å². The van der Waals surface area contributed by atoms with Gasteiger partial charge >= 0.3 is 0 Å². The van der Waals surface area contributed by atoms with Crippen LogP contribution in [0, 0.1) is 0 Å². The highest BCUT2D eigenvalue weighted by Crippen LogP contribution is 2.23. The number of rotatable bonds is 3. The van der Waals surface area contributed by atoms with Gasteiger partial charge in [0.2, 0.25) is 0 Å². The summed E-state index contributed by atoms with van der Waals surface area (Å²) in [5, 5.41) is 0. The second kappa shape index (κ2) is 3.86. The smallest absolute Gasteiger partial charge is 0.0697 e. The molecular formula is C11H13N. The first-order chi connectivity index (χ1) is 5.83. The zero-order valence-corrected chi connectivity index (χ0v) is 7.38. The van der Waals surface area contributed by atoms with Gasteiger partial charge in [-0.2, -0.15) is 0 Å². The minimum Gasteiger partial charge on any atom is -0.264 e. The predicted octanol–water partition coefficient (Wildman–Crippen LogP) is 3.22. The van der Waals surface area contributed by atoms with Gasteiger partial charge in [-0.15, -0.1) is 0 Å². The van der Waals surface area contributed by atoms with Crippen LogP contribution in [0.2, 0.25) is 0 Å². The highest BCUT2D eigenvalue weighted by atomic mass is 14.7. The van der Waals surface area contributed by atoms with Gasteiger partial charge in [0.05, 0.1) is 5.69 Å². The number of aliphatic imine (C=N–C) groups is 1. The van der Waals surface area contributed by atoms with Gasteiger partial charge in [-0.3, -0.25) is 4.99 Å². The van der Waals surface area contributed by atoms with E-state index >= 15 is 0 Å². The minimum absolute atomic E-state index is 0.921. The molecule has 1 heteroatoms. The zero-order chi connectivity index (χ0) is 8.97. The molecule has 0 N–H and O–H groups in total. The van der Waals surface area contributed by atoms with Crippen molar-refractivity contribution in [2.75, 3.05) is 0 Å². The Labute approximate surface area is 73.5 Å². The van der Waals surface area contributed by atoms with Gasteiger partial charge in [-0.25, -0.2) is 0 Å². The summed E-state index contributed by atoms with van der Waals surface area (Å²) in [4.78, 5) is 3.93. The highest BCUT2D eigenvalue weighted by Gasteiger charge is 2.00. The molecule has 1 aromatic rings. The van der Waals surface area contributed by atoms with Gasteiger partial charge in [0.1, 0.15) is 0 Å². The van der Waals surface area contributed by atoms with Crippen molar-refractivity contribution in [3.05, 3.63) is 35.9 Å². The van der Waals surface area contributed by atoms with Crippen molar-refractivity contribution in [1.29, 1.82) is 0 Å². The molecule has 0 amide bonds. The van der Waals surface area contributed by atoms with Gasteiger partial charge in [-0.05, 0) is 24.8 Å². The van der Waals surface area contributed by atoms with Crippen LogP contribution in [0.15, 0.2) is 29.8 Å². The van der Waals surface area contributed by atoms with Crippen LogP contribution < -0.4 is 0 Å². The molecule has 0 spiro atoms. The lowest BCUT2D eigenvalue weighted by atomic mass is 10.0. The third kappa shape index (κ3) is 1.45. The Balaban J connectivity index is 3.31. The van der Waals surface area contributed by atoms with Crippen molar-refractivity contribution < 1.29 is 0 Å². The summed E-state index contributed by atoms with van der Waals surface area (Å²) < 4.78 is 0. The average Bonchev–Trinajstić information content (AvgIpc) is 2.16. The maximum Gasteiger partial charge on any atom is 0.0697 e. The molecule has 0 atom stereocenters. The van der Waals surface area contributed by atoms with Gasteiger partial charge < -0.3 is 0 Å². The van der Waals surface area contributed by atoms with E-state index in [2.05, 4.69) is 31.3 Å². The summed E-state index contributed by atoms with van der Waals surface area (Å²) in [5.41, 5.74) is 3.30. The molecule has 12 heavy (non-hydrogen) atoms. The first-order valence-electron chi connectivity index (χ1n) is 4.04. The number of hydrogen-bond donors (Lipinski definition) is 0. The maximum atomic E-state index is 3.93. The van der Waals surface area contributed by atoms with Crippen molar-refractivity contribution in [1.82, 2.24) is 0 Å². The summed E-state index contributed by atoms with van der Waals surface area (Å²) in [6.45, 7) is 9.40. The van der Waals surface area contributed by atoms with E-state index in [9.17, 15) is 0 Å². The second-order valence-electron chi connectivity index (χ2n) is 2.57. The van der Waals surface area contributed by atoms with Crippen LogP contribution in [-0.2, 0) is 6.42 Å². The van der Waals surface area contributed by atoms with Crippen LogP contribution in [0.4, 0.5) is 5.69 Å². The third-order valence-electron chi connectivity index (χ3n) is 1.93. The van der Waals surface area contributed by atoms with Crippen molar-refractivity contribution in [2.45, 2.75) is 13.3 Å². The first kappa shape index (κ1) is 8.72. The minimum atomic E-state index is 0.921. The SMILES string of the molecule is C=Cc1c(CC)cccc1N=C. The standard InChI is InChI=1S/C11H13N/c1-4-9-7-6-8-11(12-3)10(9)5-2/h5-8H,2-4H2,1H3. The lowest BCUT2D eigenvalue weighted by Gasteiger charge is -2.05. The molecule has 0 radical (unpaired) electrons. The molecule has 0 fully saturated rings. The van der Waals surface area contributed by atoms with Gasteiger partial charge in [0.15, 0.2) is 0 Å². The molecule has 0 aliphatic carbocycles. The Kier molecular flexibility index (Phi) is 2.81. The lowest BCUT2D eigenvalue weighted by Crippen LogP contribution is -1.85. The Morgan fingerprint density at radius 1 is 1.50 bits per heavy atom. The molecule has 0 aliphatic heterocycles. The van der Waals surface area contributed by atoms with E-state index in [0.717, 1.165) is 17.7 Å². The molecule has 0 heterocycles. The molecule has 0 bridgehead atoms. The fraction of sp³-hybridized carbons (Fsp3) is 0.182. The fourth-order valence-electron chi connectivity index (χ4n) is 1.28. The molecule has 0 unspecified atom stereocenters. The first-order valence-corrected chi connectivity index (χ1v) is 4.04. The summed E-state index contributed by atoms with van der Waals surface area (Å²) >= 11 is 0. The Morgan fingerprint density at radius 2 is 2.25 bits per heavy atom. The van der Waals surface area contributed by atoms with Crippen molar-refractivity contribution in [3.8, 4) is 0 Å². The van der Waals surface area contributed by atoms with Crippen molar-refractivity contribution in [2.24, 2.45) is 4.99 Å². The highest BCUT2D eigenvalue weighted by molar-refractivity contribution is 5.67. The molecule has 0 saturated carbocycles. The van der Waals surface area contributed by atoms with Gasteiger partial charge in [0.25, 0.3) is 0 Å². The molecule has 1 aromatic carbocycles. The summed E-state index contributed by atoms with van der Waals surface area (Å²) in [7, 11) is 0. The molecule has 62 valence electrons. The normalized spacial score (nSPS) is 9.42. The van der Waals surface area contributed by atoms with Gasteiger partial charge in [-0.1, -0.05) is 31.7 Å². The molecule has 0 saturated heterocycles. The van der Waals surface area contributed by atoms with Crippen LogP contribution in [0.1, 0.15) is 18.1 Å². The second-order valence-corrected chi connectivity index (χ2v) is 2.57. The van der Waals surface area contributed by atoms with Crippen LogP contribution in [0.3, 0.4) is 0 Å². The summed E-state index contributed by atoms with van der Waals surface area (Å²) in [6, 6.07) is 6.03. The van der Waals surface area contributed by atoms with Crippen LogP contribution in [0.5, 0.6) is 0 Å². The number of nitrogens with zero attached hydrogens (tertiary/aromatic N) is 1. The van der Waals surface area contributed by atoms with Crippen LogP contribution in [-0.4, -0.2) is 6.72 Å². The van der Waals surface area contributed by atoms with E-state index in [0.29, 0.717) is 0 Å². The molecule has 0 aromatic heterocycles. The van der Waals surface area contributed by atoms with Crippen molar-refractivity contribution >= 4 is 18.5 Å². The molecule has 0 aliphatic rings. The average molecular weight is 159 g/mol. The van der Waals surface area contributed by atoms with Crippen LogP contribution in [0.25, 0.3) is 6.08 Å². The van der Waals surface area contributed by atoms with Crippen LogP contribution >= 0.6 is 0 Å². The Bertz CT molecular complexity index is 300. The summed E-state index contributed by atoms with van der Waals surface area (Å²) in [5.74, 6) is 0. The fourth-order valence-corrected chi connectivity index (χ4v) is 1.28. The Hall–Kier alpha value is -1.37. The van der Waals surface area contributed by atoms with E-state index in [1.807, 2.05) is 18.2 Å². The quantitative estimate of drug-likeness (QED) is 0.600. The topological polar surface area (TPSA) is 12.4 Å². The van der Waals surface area contributed by atoms with E-state index in [4.69, 9.17) is 0 Å².